The fraction of sp³-hybridized carbons (Fsp3) is 0.462. The van der Waals surface area contributed by atoms with E-state index in [9.17, 15) is 9.59 Å². The van der Waals surface area contributed by atoms with Gasteiger partial charge < -0.3 is 15.0 Å². The number of ether oxygens (including phenoxy) is 1. The van der Waals surface area contributed by atoms with Crippen molar-refractivity contribution in [3.63, 3.8) is 0 Å². The Morgan fingerprint density at radius 3 is 2.52 bits per heavy atom. The van der Waals surface area contributed by atoms with Crippen molar-refractivity contribution in [2.75, 3.05) is 6.61 Å². The quantitative estimate of drug-likeness (QED) is 0.679. The van der Waals surface area contributed by atoms with Crippen LogP contribution >= 0.6 is 0 Å². The van der Waals surface area contributed by atoms with Crippen LogP contribution in [-0.2, 0) is 16.1 Å². The number of aryl methyl sites for hydroxylation is 2. The molecule has 1 atom stereocenters. The molecule has 1 saturated carbocycles. The topological polar surface area (TPSA) is 58.6 Å². The van der Waals surface area contributed by atoms with Gasteiger partial charge in [0.25, 0.3) is 5.91 Å². The lowest BCUT2D eigenvalue weighted by molar-refractivity contribution is -0.142. The second-order valence-electron chi connectivity index (χ2n) is 8.57. The molecule has 0 heterocycles. The lowest BCUT2D eigenvalue weighted by Gasteiger charge is -2.31. The molecule has 1 unspecified atom stereocenters. The predicted octanol–water partition coefficient (Wildman–Crippen LogP) is 4.55. The highest BCUT2D eigenvalue weighted by atomic mass is 16.5. The lowest BCUT2D eigenvalue weighted by atomic mass is 9.95. The van der Waals surface area contributed by atoms with Crippen LogP contribution in [0.5, 0.6) is 5.75 Å². The van der Waals surface area contributed by atoms with Crippen molar-refractivity contribution in [3.8, 4) is 5.75 Å². The number of benzene rings is 2. The molecule has 2 aromatic carbocycles. The van der Waals surface area contributed by atoms with Gasteiger partial charge in [-0.25, -0.2) is 0 Å². The SMILES string of the molecule is Cc1cccc(OCC(=O)N(Cc2ccccc2C)C(C)C(=O)NC2CCCCC2)c1. The van der Waals surface area contributed by atoms with Crippen molar-refractivity contribution in [1.29, 1.82) is 0 Å². The minimum absolute atomic E-state index is 0.0932. The van der Waals surface area contributed by atoms with E-state index < -0.39 is 6.04 Å². The fourth-order valence-corrected chi connectivity index (χ4v) is 4.06. The van der Waals surface area contributed by atoms with Gasteiger partial charge in [-0.05, 0) is 62.4 Å². The molecule has 0 spiro atoms. The maximum absolute atomic E-state index is 13.2. The van der Waals surface area contributed by atoms with Crippen LogP contribution < -0.4 is 10.1 Å². The van der Waals surface area contributed by atoms with Gasteiger partial charge in [-0.2, -0.15) is 0 Å². The summed E-state index contributed by atoms with van der Waals surface area (Å²) in [6, 6.07) is 15.2. The van der Waals surface area contributed by atoms with Crippen LogP contribution in [0.1, 0.15) is 55.7 Å². The molecule has 31 heavy (non-hydrogen) atoms. The smallest absolute Gasteiger partial charge is 0.261 e. The molecule has 1 N–H and O–H groups in total. The Hall–Kier alpha value is -2.82. The minimum atomic E-state index is -0.574. The summed E-state index contributed by atoms with van der Waals surface area (Å²) in [5, 5.41) is 3.16. The van der Waals surface area contributed by atoms with Crippen LogP contribution in [0.15, 0.2) is 48.5 Å². The summed E-state index contributed by atoms with van der Waals surface area (Å²) >= 11 is 0. The lowest BCUT2D eigenvalue weighted by Crippen LogP contribution is -2.51. The van der Waals surface area contributed by atoms with Crippen LogP contribution in [0.25, 0.3) is 0 Å². The maximum Gasteiger partial charge on any atom is 0.261 e. The Kier molecular flexibility index (Phi) is 8.10. The molecule has 0 saturated heterocycles. The molecule has 3 rings (SSSR count). The van der Waals surface area contributed by atoms with Crippen molar-refractivity contribution in [2.45, 2.75) is 71.5 Å². The number of rotatable bonds is 8. The number of nitrogens with zero attached hydrogens (tertiary/aromatic N) is 1. The summed E-state index contributed by atoms with van der Waals surface area (Å²) in [6.07, 6.45) is 5.56. The highest BCUT2D eigenvalue weighted by molar-refractivity contribution is 5.88. The van der Waals surface area contributed by atoms with E-state index in [4.69, 9.17) is 4.74 Å². The van der Waals surface area contributed by atoms with Gasteiger partial charge in [0.1, 0.15) is 11.8 Å². The molecular weight excluding hydrogens is 388 g/mol. The van der Waals surface area contributed by atoms with Crippen LogP contribution in [-0.4, -0.2) is 35.4 Å². The Morgan fingerprint density at radius 2 is 1.81 bits per heavy atom. The Balaban J connectivity index is 1.72. The average molecular weight is 423 g/mol. The van der Waals surface area contributed by atoms with Crippen molar-refractivity contribution >= 4 is 11.8 Å². The number of carbonyl (C=O) groups is 2. The monoisotopic (exact) mass is 422 g/mol. The van der Waals surface area contributed by atoms with Crippen molar-refractivity contribution in [3.05, 3.63) is 65.2 Å². The Morgan fingerprint density at radius 1 is 1.06 bits per heavy atom. The van der Waals surface area contributed by atoms with E-state index in [0.717, 1.165) is 42.4 Å². The first-order valence-corrected chi connectivity index (χ1v) is 11.3. The molecule has 0 aromatic heterocycles. The minimum Gasteiger partial charge on any atom is -0.484 e. The molecule has 1 aliphatic rings. The highest BCUT2D eigenvalue weighted by Gasteiger charge is 2.28. The zero-order valence-electron chi connectivity index (χ0n) is 18.9. The van der Waals surface area contributed by atoms with E-state index in [1.165, 1.54) is 6.42 Å². The van der Waals surface area contributed by atoms with Gasteiger partial charge >= 0.3 is 0 Å². The standard InChI is InChI=1S/C26H34N2O3/c1-19-10-9-15-24(16-19)31-18-25(29)28(17-22-12-8-7-11-20(22)2)21(3)26(30)27-23-13-5-4-6-14-23/h7-12,15-16,21,23H,4-6,13-14,17-18H2,1-3H3,(H,27,30). The van der Waals surface area contributed by atoms with E-state index in [0.29, 0.717) is 12.3 Å². The molecule has 166 valence electrons. The highest BCUT2D eigenvalue weighted by Crippen LogP contribution is 2.19. The third-order valence-electron chi connectivity index (χ3n) is 6.07. The maximum atomic E-state index is 13.2. The van der Waals surface area contributed by atoms with E-state index in [1.807, 2.05) is 62.4 Å². The molecule has 0 radical (unpaired) electrons. The molecule has 5 heteroatoms. The van der Waals surface area contributed by atoms with Crippen molar-refractivity contribution in [2.24, 2.45) is 0 Å². The molecule has 2 amide bonds. The summed E-state index contributed by atoms with van der Waals surface area (Å²) in [7, 11) is 0. The number of nitrogens with one attached hydrogen (secondary N) is 1. The molecular formula is C26H34N2O3. The van der Waals surface area contributed by atoms with Gasteiger partial charge in [-0.15, -0.1) is 0 Å². The van der Waals surface area contributed by atoms with Crippen molar-refractivity contribution in [1.82, 2.24) is 10.2 Å². The number of hydrogen-bond donors (Lipinski definition) is 1. The second kappa shape index (κ2) is 11.0. The third-order valence-corrected chi connectivity index (χ3v) is 6.07. The zero-order valence-corrected chi connectivity index (χ0v) is 18.9. The number of carbonyl (C=O) groups excluding carboxylic acids is 2. The summed E-state index contributed by atoms with van der Waals surface area (Å²) in [4.78, 5) is 27.8. The van der Waals surface area contributed by atoms with Crippen LogP contribution in [0.4, 0.5) is 0 Å². The summed E-state index contributed by atoms with van der Waals surface area (Å²) in [5.41, 5.74) is 3.20. The Bertz CT molecular complexity index is 890. The van der Waals surface area contributed by atoms with Crippen LogP contribution in [0.3, 0.4) is 0 Å². The first-order valence-electron chi connectivity index (χ1n) is 11.3. The summed E-state index contributed by atoms with van der Waals surface area (Å²) in [5.74, 6) is 0.365. The molecule has 0 aliphatic heterocycles. The molecule has 1 fully saturated rings. The number of hydrogen-bond acceptors (Lipinski definition) is 3. The summed E-state index contributed by atoms with van der Waals surface area (Å²) in [6.45, 7) is 6.09. The van der Waals surface area contributed by atoms with Crippen molar-refractivity contribution < 1.29 is 14.3 Å². The van der Waals surface area contributed by atoms with Crippen LogP contribution in [0, 0.1) is 13.8 Å². The molecule has 2 aromatic rings. The van der Waals surface area contributed by atoms with E-state index in [2.05, 4.69) is 5.32 Å². The largest absolute Gasteiger partial charge is 0.484 e. The fourth-order valence-electron chi connectivity index (χ4n) is 4.06. The number of amides is 2. The van der Waals surface area contributed by atoms with Crippen LogP contribution in [0.2, 0.25) is 0 Å². The normalized spacial score (nSPS) is 15.2. The van der Waals surface area contributed by atoms with Gasteiger partial charge in [0.05, 0.1) is 0 Å². The van der Waals surface area contributed by atoms with Gasteiger partial charge in [0.2, 0.25) is 5.91 Å². The summed E-state index contributed by atoms with van der Waals surface area (Å²) < 4.78 is 5.75. The molecule has 1 aliphatic carbocycles. The van der Waals surface area contributed by atoms with Gasteiger partial charge in [0.15, 0.2) is 6.61 Å². The third kappa shape index (κ3) is 6.58. The van der Waals surface area contributed by atoms with Gasteiger partial charge in [-0.1, -0.05) is 55.7 Å². The first-order chi connectivity index (χ1) is 14.9. The van der Waals surface area contributed by atoms with Gasteiger partial charge in [-0.3, -0.25) is 9.59 Å². The molecule has 5 nitrogen and oxygen atoms in total. The second-order valence-corrected chi connectivity index (χ2v) is 8.57. The zero-order chi connectivity index (χ0) is 22.2. The molecule has 0 bridgehead atoms. The van der Waals surface area contributed by atoms with Gasteiger partial charge in [0, 0.05) is 12.6 Å². The average Bonchev–Trinajstić information content (AvgIpc) is 2.77. The Labute approximate surface area is 185 Å². The first kappa shape index (κ1) is 22.9. The predicted molar refractivity (Wildman–Crippen MR) is 123 cm³/mol. The van der Waals surface area contributed by atoms with E-state index in [1.54, 1.807) is 11.8 Å². The van der Waals surface area contributed by atoms with E-state index >= 15 is 0 Å². The van der Waals surface area contributed by atoms with E-state index in [-0.39, 0.29) is 24.5 Å².